The van der Waals surface area contributed by atoms with Crippen molar-refractivity contribution in [2.24, 2.45) is 0 Å². The zero-order valence-electron chi connectivity index (χ0n) is 11.9. The minimum absolute atomic E-state index is 0.172. The average molecular weight is 248 g/mol. The monoisotopic (exact) mass is 248 g/mol. The highest BCUT2D eigenvalue weighted by Crippen LogP contribution is 2.11. The van der Waals surface area contributed by atoms with Gasteiger partial charge in [-0.1, -0.05) is 18.2 Å². The quantitative estimate of drug-likeness (QED) is 0.837. The van der Waals surface area contributed by atoms with E-state index in [9.17, 15) is 4.79 Å². The summed E-state index contributed by atoms with van der Waals surface area (Å²) in [4.78, 5) is 13.7. The van der Waals surface area contributed by atoms with Gasteiger partial charge in [-0.25, -0.2) is 0 Å². The molecule has 0 saturated heterocycles. The Hall–Kier alpha value is -1.35. The summed E-state index contributed by atoms with van der Waals surface area (Å²) in [6.45, 7) is 11.0. The van der Waals surface area contributed by atoms with Crippen LogP contribution in [-0.2, 0) is 11.3 Å². The van der Waals surface area contributed by atoms with Crippen LogP contribution >= 0.6 is 0 Å². The third kappa shape index (κ3) is 3.84. The van der Waals surface area contributed by atoms with Crippen molar-refractivity contribution in [1.82, 2.24) is 10.2 Å². The standard InChI is InChI=1S/C15H24N2O/c1-5-17(6-2)15(18)11-16-10-14-9-7-8-12(3)13(14)4/h7-9,16H,5-6,10-11H2,1-4H3. The third-order valence-corrected chi connectivity index (χ3v) is 3.42. The number of likely N-dealkylation sites (N-methyl/N-ethyl adjacent to an activating group) is 1. The molecule has 1 aromatic carbocycles. The van der Waals surface area contributed by atoms with E-state index in [0.29, 0.717) is 6.54 Å². The maximum atomic E-state index is 11.8. The van der Waals surface area contributed by atoms with E-state index in [2.05, 4.69) is 37.4 Å². The molecule has 0 aliphatic heterocycles. The molecule has 1 N–H and O–H groups in total. The predicted octanol–water partition coefficient (Wildman–Crippen LogP) is 2.26. The van der Waals surface area contributed by atoms with Crippen molar-refractivity contribution in [3.8, 4) is 0 Å². The molecule has 0 radical (unpaired) electrons. The first-order valence-corrected chi connectivity index (χ1v) is 6.63. The second-order valence-electron chi connectivity index (χ2n) is 4.53. The summed E-state index contributed by atoms with van der Waals surface area (Å²) in [7, 11) is 0. The Bertz CT molecular complexity index is 397. The number of hydrogen-bond acceptors (Lipinski definition) is 2. The highest BCUT2D eigenvalue weighted by molar-refractivity contribution is 5.78. The van der Waals surface area contributed by atoms with Crippen LogP contribution in [0.25, 0.3) is 0 Å². The van der Waals surface area contributed by atoms with E-state index in [-0.39, 0.29) is 5.91 Å². The number of nitrogens with one attached hydrogen (secondary N) is 1. The molecular formula is C15H24N2O. The van der Waals surface area contributed by atoms with E-state index >= 15 is 0 Å². The summed E-state index contributed by atoms with van der Waals surface area (Å²) in [6, 6.07) is 6.28. The van der Waals surface area contributed by atoms with Crippen LogP contribution in [0.4, 0.5) is 0 Å². The summed E-state index contributed by atoms with van der Waals surface area (Å²) in [5, 5.41) is 3.23. The lowest BCUT2D eigenvalue weighted by molar-refractivity contribution is -0.129. The molecule has 0 spiro atoms. The molecule has 3 heteroatoms. The largest absolute Gasteiger partial charge is 0.342 e. The Morgan fingerprint density at radius 2 is 1.89 bits per heavy atom. The second-order valence-corrected chi connectivity index (χ2v) is 4.53. The molecular weight excluding hydrogens is 224 g/mol. The molecule has 0 unspecified atom stereocenters. The summed E-state index contributed by atoms with van der Waals surface area (Å²) < 4.78 is 0. The van der Waals surface area contributed by atoms with Crippen molar-refractivity contribution in [1.29, 1.82) is 0 Å². The minimum Gasteiger partial charge on any atom is -0.342 e. The van der Waals surface area contributed by atoms with Crippen molar-refractivity contribution in [3.63, 3.8) is 0 Å². The first kappa shape index (κ1) is 14.7. The van der Waals surface area contributed by atoms with E-state index in [1.165, 1.54) is 16.7 Å². The number of nitrogens with zero attached hydrogens (tertiary/aromatic N) is 1. The normalized spacial score (nSPS) is 10.4. The Morgan fingerprint density at radius 1 is 1.22 bits per heavy atom. The fourth-order valence-corrected chi connectivity index (χ4v) is 2.00. The van der Waals surface area contributed by atoms with E-state index in [4.69, 9.17) is 0 Å². The molecule has 0 heterocycles. The Balaban J connectivity index is 2.47. The van der Waals surface area contributed by atoms with Gasteiger partial charge in [-0.3, -0.25) is 4.79 Å². The molecule has 1 aromatic rings. The summed E-state index contributed by atoms with van der Waals surface area (Å²) in [6.07, 6.45) is 0. The van der Waals surface area contributed by atoms with Gasteiger partial charge in [-0.2, -0.15) is 0 Å². The number of carbonyl (C=O) groups excluding carboxylic acids is 1. The van der Waals surface area contributed by atoms with Gasteiger partial charge < -0.3 is 10.2 Å². The molecule has 0 aliphatic carbocycles. The Kier molecular flexibility index (Phi) is 5.86. The SMILES string of the molecule is CCN(CC)C(=O)CNCc1cccc(C)c1C. The van der Waals surface area contributed by atoms with Gasteiger partial charge in [-0.15, -0.1) is 0 Å². The van der Waals surface area contributed by atoms with Crippen molar-refractivity contribution < 1.29 is 4.79 Å². The highest BCUT2D eigenvalue weighted by atomic mass is 16.2. The topological polar surface area (TPSA) is 32.3 Å². The zero-order valence-corrected chi connectivity index (χ0v) is 11.9. The zero-order chi connectivity index (χ0) is 13.5. The van der Waals surface area contributed by atoms with E-state index in [1.54, 1.807) is 0 Å². The maximum absolute atomic E-state index is 11.8. The molecule has 1 rings (SSSR count). The Morgan fingerprint density at radius 3 is 2.50 bits per heavy atom. The smallest absolute Gasteiger partial charge is 0.236 e. The lowest BCUT2D eigenvalue weighted by Crippen LogP contribution is -2.37. The van der Waals surface area contributed by atoms with Crippen molar-refractivity contribution in [3.05, 3.63) is 34.9 Å². The lowest BCUT2D eigenvalue weighted by Gasteiger charge is -2.19. The van der Waals surface area contributed by atoms with E-state index in [1.807, 2.05) is 18.7 Å². The molecule has 0 fully saturated rings. The minimum atomic E-state index is 0.172. The molecule has 1 amide bonds. The highest BCUT2D eigenvalue weighted by Gasteiger charge is 2.08. The van der Waals surface area contributed by atoms with Crippen molar-refractivity contribution in [2.45, 2.75) is 34.2 Å². The number of benzene rings is 1. The lowest BCUT2D eigenvalue weighted by atomic mass is 10.0. The average Bonchev–Trinajstić information content (AvgIpc) is 2.36. The number of carbonyl (C=O) groups is 1. The van der Waals surface area contributed by atoms with Gasteiger partial charge in [0.15, 0.2) is 0 Å². The first-order chi connectivity index (χ1) is 8.60. The van der Waals surface area contributed by atoms with Crippen LogP contribution < -0.4 is 5.32 Å². The van der Waals surface area contributed by atoms with Crippen LogP contribution in [0.5, 0.6) is 0 Å². The van der Waals surface area contributed by atoms with E-state index < -0.39 is 0 Å². The summed E-state index contributed by atoms with van der Waals surface area (Å²) >= 11 is 0. The van der Waals surface area contributed by atoms with Gasteiger partial charge in [0.05, 0.1) is 6.54 Å². The van der Waals surface area contributed by atoms with Gasteiger partial charge in [0.2, 0.25) is 5.91 Å². The van der Waals surface area contributed by atoms with Crippen LogP contribution in [0, 0.1) is 13.8 Å². The van der Waals surface area contributed by atoms with Gasteiger partial charge in [-0.05, 0) is 44.4 Å². The summed E-state index contributed by atoms with van der Waals surface area (Å²) in [5.74, 6) is 0.172. The van der Waals surface area contributed by atoms with Gasteiger partial charge in [0.1, 0.15) is 0 Å². The Labute approximate surface area is 110 Å². The molecule has 0 bridgehead atoms. The van der Waals surface area contributed by atoms with Crippen LogP contribution in [0.1, 0.15) is 30.5 Å². The molecule has 0 atom stereocenters. The van der Waals surface area contributed by atoms with Gasteiger partial charge in [0.25, 0.3) is 0 Å². The van der Waals surface area contributed by atoms with Crippen molar-refractivity contribution in [2.75, 3.05) is 19.6 Å². The molecule has 18 heavy (non-hydrogen) atoms. The molecule has 3 nitrogen and oxygen atoms in total. The van der Waals surface area contributed by atoms with Gasteiger partial charge in [0, 0.05) is 19.6 Å². The van der Waals surface area contributed by atoms with Crippen LogP contribution in [0.3, 0.4) is 0 Å². The molecule has 0 aliphatic rings. The number of rotatable bonds is 6. The van der Waals surface area contributed by atoms with Crippen LogP contribution in [0.15, 0.2) is 18.2 Å². The first-order valence-electron chi connectivity index (χ1n) is 6.63. The fraction of sp³-hybridized carbons (Fsp3) is 0.533. The maximum Gasteiger partial charge on any atom is 0.236 e. The number of hydrogen-bond donors (Lipinski definition) is 1. The van der Waals surface area contributed by atoms with E-state index in [0.717, 1.165) is 19.6 Å². The summed E-state index contributed by atoms with van der Waals surface area (Å²) in [5.41, 5.74) is 3.87. The van der Waals surface area contributed by atoms with Crippen LogP contribution in [0.2, 0.25) is 0 Å². The predicted molar refractivity (Wildman–Crippen MR) is 75.6 cm³/mol. The van der Waals surface area contributed by atoms with Gasteiger partial charge >= 0.3 is 0 Å². The second kappa shape index (κ2) is 7.17. The fourth-order valence-electron chi connectivity index (χ4n) is 2.00. The number of amides is 1. The van der Waals surface area contributed by atoms with Crippen molar-refractivity contribution >= 4 is 5.91 Å². The molecule has 100 valence electrons. The third-order valence-electron chi connectivity index (χ3n) is 3.42. The molecule has 0 saturated carbocycles. The molecule has 0 aromatic heterocycles. The number of aryl methyl sites for hydroxylation is 1. The van der Waals surface area contributed by atoms with Crippen LogP contribution in [-0.4, -0.2) is 30.4 Å².